The van der Waals surface area contributed by atoms with E-state index in [1.54, 1.807) is 10.7 Å². The molecule has 2 rings (SSSR count). The number of aromatic nitrogens is 2. The van der Waals surface area contributed by atoms with Gasteiger partial charge in [-0.2, -0.15) is 5.10 Å². The van der Waals surface area contributed by atoms with Crippen LogP contribution < -0.4 is 5.46 Å². The van der Waals surface area contributed by atoms with Crippen LogP contribution in [0.15, 0.2) is 24.3 Å². The van der Waals surface area contributed by atoms with Gasteiger partial charge in [0.15, 0.2) is 0 Å². The van der Waals surface area contributed by atoms with E-state index in [0.29, 0.717) is 12.1 Å². The Balaban J connectivity index is 2.27. The molecule has 4 nitrogen and oxygen atoms in total. The van der Waals surface area contributed by atoms with Crippen molar-refractivity contribution in [2.75, 3.05) is 0 Å². The van der Waals surface area contributed by atoms with Gasteiger partial charge in [0.05, 0.1) is 12.2 Å². The third kappa shape index (κ3) is 2.60. The van der Waals surface area contributed by atoms with Gasteiger partial charge in [0.2, 0.25) is 0 Å². The summed E-state index contributed by atoms with van der Waals surface area (Å²) in [6.07, 6.45) is 0. The van der Waals surface area contributed by atoms with E-state index in [0.717, 1.165) is 17.5 Å². The van der Waals surface area contributed by atoms with Crippen LogP contribution in [0.5, 0.6) is 0 Å². The standard InChI is InChI=1S/C12H14BFN2O2/c1-8-5-9(2)16(15-8)7-10-3-4-11(13(17)18)6-12(10)14/h3-6,17-18H,7H2,1-2H3. The minimum atomic E-state index is -1.65. The molecule has 0 bridgehead atoms. The second-order valence-corrected chi connectivity index (χ2v) is 4.31. The number of aryl methyl sites for hydroxylation is 2. The Labute approximate surface area is 105 Å². The van der Waals surface area contributed by atoms with Crippen molar-refractivity contribution in [2.45, 2.75) is 20.4 Å². The zero-order chi connectivity index (χ0) is 13.3. The van der Waals surface area contributed by atoms with Crippen molar-refractivity contribution >= 4 is 12.6 Å². The fourth-order valence-corrected chi connectivity index (χ4v) is 1.85. The van der Waals surface area contributed by atoms with Crippen molar-refractivity contribution in [3.05, 3.63) is 47.0 Å². The van der Waals surface area contributed by atoms with Gasteiger partial charge >= 0.3 is 7.12 Å². The lowest BCUT2D eigenvalue weighted by Gasteiger charge is -2.07. The molecule has 0 aliphatic heterocycles. The summed E-state index contributed by atoms with van der Waals surface area (Å²) in [5.41, 5.74) is 2.45. The summed E-state index contributed by atoms with van der Waals surface area (Å²) < 4.78 is 15.5. The number of hydrogen-bond acceptors (Lipinski definition) is 3. The molecule has 0 saturated carbocycles. The number of benzene rings is 1. The second-order valence-electron chi connectivity index (χ2n) is 4.31. The fourth-order valence-electron chi connectivity index (χ4n) is 1.85. The lowest BCUT2D eigenvalue weighted by Crippen LogP contribution is -2.30. The molecule has 1 heterocycles. The van der Waals surface area contributed by atoms with Gasteiger partial charge in [-0.3, -0.25) is 4.68 Å². The zero-order valence-electron chi connectivity index (χ0n) is 10.3. The van der Waals surface area contributed by atoms with Gasteiger partial charge in [0.25, 0.3) is 0 Å². The van der Waals surface area contributed by atoms with Crippen molar-refractivity contribution in [3.8, 4) is 0 Å². The van der Waals surface area contributed by atoms with Crippen LogP contribution >= 0.6 is 0 Å². The minimum Gasteiger partial charge on any atom is -0.423 e. The molecular formula is C12H14BFN2O2. The third-order valence-electron chi connectivity index (χ3n) is 2.80. The molecule has 1 aromatic heterocycles. The maximum absolute atomic E-state index is 13.8. The average molecular weight is 248 g/mol. The van der Waals surface area contributed by atoms with Crippen molar-refractivity contribution < 1.29 is 14.4 Å². The van der Waals surface area contributed by atoms with E-state index in [9.17, 15) is 4.39 Å². The molecule has 6 heteroatoms. The van der Waals surface area contributed by atoms with Crippen molar-refractivity contribution in [2.24, 2.45) is 0 Å². The van der Waals surface area contributed by atoms with E-state index in [-0.39, 0.29) is 5.46 Å². The molecule has 0 saturated heterocycles. The minimum absolute atomic E-state index is 0.143. The lowest BCUT2D eigenvalue weighted by atomic mass is 9.80. The van der Waals surface area contributed by atoms with Gasteiger partial charge in [-0.15, -0.1) is 0 Å². The summed E-state index contributed by atoms with van der Waals surface area (Å²) in [5.74, 6) is -0.465. The lowest BCUT2D eigenvalue weighted by molar-refractivity contribution is 0.425. The van der Waals surface area contributed by atoms with Gasteiger partial charge in [0, 0.05) is 11.3 Å². The van der Waals surface area contributed by atoms with Gasteiger partial charge < -0.3 is 10.0 Å². The first-order chi connectivity index (χ1) is 8.47. The van der Waals surface area contributed by atoms with Crippen molar-refractivity contribution in [1.29, 1.82) is 0 Å². The van der Waals surface area contributed by atoms with E-state index in [4.69, 9.17) is 10.0 Å². The number of hydrogen-bond donors (Lipinski definition) is 2. The van der Waals surface area contributed by atoms with Gasteiger partial charge in [-0.05, 0) is 31.4 Å². The van der Waals surface area contributed by atoms with E-state index < -0.39 is 12.9 Å². The van der Waals surface area contributed by atoms with Crippen LogP contribution in [0.25, 0.3) is 0 Å². The van der Waals surface area contributed by atoms with Crippen LogP contribution in [-0.4, -0.2) is 26.9 Å². The van der Waals surface area contributed by atoms with E-state index >= 15 is 0 Å². The first-order valence-corrected chi connectivity index (χ1v) is 5.63. The zero-order valence-corrected chi connectivity index (χ0v) is 10.3. The smallest absolute Gasteiger partial charge is 0.423 e. The van der Waals surface area contributed by atoms with Gasteiger partial charge in [0.1, 0.15) is 5.82 Å². The Morgan fingerprint density at radius 1 is 1.28 bits per heavy atom. The molecule has 0 unspecified atom stereocenters. The molecule has 0 aliphatic carbocycles. The Kier molecular flexibility index (Phi) is 3.49. The van der Waals surface area contributed by atoms with Crippen LogP contribution in [0.2, 0.25) is 0 Å². The maximum Gasteiger partial charge on any atom is 0.488 e. The quantitative estimate of drug-likeness (QED) is 0.771. The molecular weight excluding hydrogens is 234 g/mol. The Morgan fingerprint density at radius 2 is 2.00 bits per heavy atom. The number of halogens is 1. The Hall–Kier alpha value is -1.66. The summed E-state index contributed by atoms with van der Waals surface area (Å²) in [4.78, 5) is 0. The summed E-state index contributed by atoms with van der Waals surface area (Å²) in [6.45, 7) is 4.11. The monoisotopic (exact) mass is 248 g/mol. The van der Waals surface area contributed by atoms with Crippen LogP contribution in [0.1, 0.15) is 17.0 Å². The van der Waals surface area contributed by atoms with E-state index in [1.807, 2.05) is 19.9 Å². The van der Waals surface area contributed by atoms with Crippen LogP contribution in [0.3, 0.4) is 0 Å². The predicted molar refractivity (Wildman–Crippen MR) is 67.0 cm³/mol. The summed E-state index contributed by atoms with van der Waals surface area (Å²) in [5, 5.41) is 22.2. The van der Waals surface area contributed by atoms with Crippen LogP contribution in [0.4, 0.5) is 4.39 Å². The SMILES string of the molecule is Cc1cc(C)n(Cc2ccc(B(O)O)cc2F)n1. The normalized spacial score (nSPS) is 10.7. The molecule has 0 fully saturated rings. The Bertz CT molecular complexity index is 569. The van der Waals surface area contributed by atoms with E-state index in [1.165, 1.54) is 6.07 Å². The van der Waals surface area contributed by atoms with Crippen molar-refractivity contribution in [3.63, 3.8) is 0 Å². The predicted octanol–water partition coefficient (Wildman–Crippen LogP) is 0.367. The molecule has 94 valence electrons. The number of rotatable bonds is 3. The first kappa shape index (κ1) is 12.8. The molecule has 18 heavy (non-hydrogen) atoms. The highest BCUT2D eigenvalue weighted by molar-refractivity contribution is 6.58. The largest absolute Gasteiger partial charge is 0.488 e. The molecule has 0 aliphatic rings. The topological polar surface area (TPSA) is 58.3 Å². The molecule has 1 aromatic carbocycles. The highest BCUT2D eigenvalue weighted by Crippen LogP contribution is 2.10. The third-order valence-corrected chi connectivity index (χ3v) is 2.80. The fraction of sp³-hybridized carbons (Fsp3) is 0.250. The molecule has 0 radical (unpaired) electrons. The highest BCUT2D eigenvalue weighted by Gasteiger charge is 2.14. The molecule has 2 N–H and O–H groups in total. The summed E-state index contributed by atoms with van der Waals surface area (Å²) in [6, 6.07) is 6.09. The average Bonchev–Trinajstić information content (AvgIpc) is 2.60. The van der Waals surface area contributed by atoms with Crippen LogP contribution in [0, 0.1) is 19.7 Å². The Morgan fingerprint density at radius 3 is 2.50 bits per heavy atom. The van der Waals surface area contributed by atoms with Crippen molar-refractivity contribution in [1.82, 2.24) is 9.78 Å². The first-order valence-electron chi connectivity index (χ1n) is 5.63. The molecule has 0 spiro atoms. The van der Waals surface area contributed by atoms with Gasteiger partial charge in [-0.1, -0.05) is 12.1 Å². The van der Waals surface area contributed by atoms with E-state index in [2.05, 4.69) is 5.10 Å². The van der Waals surface area contributed by atoms with Gasteiger partial charge in [-0.25, -0.2) is 4.39 Å². The summed E-state index contributed by atoms with van der Waals surface area (Å²) in [7, 11) is -1.65. The molecule has 0 atom stereocenters. The number of nitrogens with zero attached hydrogens (tertiary/aromatic N) is 2. The summed E-state index contributed by atoms with van der Waals surface area (Å²) >= 11 is 0. The molecule has 0 amide bonds. The maximum atomic E-state index is 13.8. The van der Waals surface area contributed by atoms with Crippen LogP contribution in [-0.2, 0) is 6.54 Å². The highest BCUT2D eigenvalue weighted by atomic mass is 19.1. The second kappa shape index (κ2) is 4.92. The molecule has 2 aromatic rings.